The predicted molar refractivity (Wildman–Crippen MR) is 99.0 cm³/mol. The van der Waals surface area contributed by atoms with Crippen molar-refractivity contribution in [3.8, 4) is 0 Å². The van der Waals surface area contributed by atoms with Crippen LogP contribution in [0.15, 0.2) is 42.5 Å². The summed E-state index contributed by atoms with van der Waals surface area (Å²) in [7, 11) is 2.04. The van der Waals surface area contributed by atoms with Gasteiger partial charge in [-0.1, -0.05) is 42.5 Å². The van der Waals surface area contributed by atoms with Gasteiger partial charge in [-0.2, -0.15) is 0 Å². The topological polar surface area (TPSA) is 27.3 Å². The van der Waals surface area contributed by atoms with E-state index in [9.17, 15) is 0 Å². The lowest BCUT2D eigenvalue weighted by atomic mass is 10.0. The van der Waals surface area contributed by atoms with Crippen molar-refractivity contribution in [3.05, 3.63) is 48.0 Å². The van der Waals surface area contributed by atoms with E-state index >= 15 is 0 Å². The van der Waals surface area contributed by atoms with Crippen LogP contribution in [-0.4, -0.2) is 50.7 Å². The molecule has 1 heterocycles. The van der Waals surface area contributed by atoms with Gasteiger partial charge in [0.25, 0.3) is 0 Å². The van der Waals surface area contributed by atoms with Crippen LogP contribution >= 0.6 is 0 Å². The van der Waals surface area contributed by atoms with Crippen molar-refractivity contribution in [1.82, 2.24) is 15.5 Å². The average molecular weight is 311 g/mol. The highest BCUT2D eigenvalue weighted by atomic mass is 15.2. The molecule has 1 atom stereocenters. The SMILES string of the molecule is CNCCC[C@@H]1CNCCN1CCc1ccc2ccccc2c1. The molecular formula is C20H29N3. The Balaban J connectivity index is 1.58. The lowest BCUT2D eigenvalue weighted by Crippen LogP contribution is -2.51. The zero-order chi connectivity index (χ0) is 15.9. The quantitative estimate of drug-likeness (QED) is 0.770. The summed E-state index contributed by atoms with van der Waals surface area (Å²) in [6.07, 6.45) is 3.69. The molecule has 0 amide bonds. The van der Waals surface area contributed by atoms with Crippen LogP contribution in [-0.2, 0) is 6.42 Å². The molecule has 0 aromatic heterocycles. The number of benzene rings is 2. The Labute approximate surface area is 140 Å². The first-order valence-corrected chi connectivity index (χ1v) is 8.94. The van der Waals surface area contributed by atoms with Crippen molar-refractivity contribution >= 4 is 10.8 Å². The number of hydrogen-bond acceptors (Lipinski definition) is 3. The molecular weight excluding hydrogens is 282 g/mol. The van der Waals surface area contributed by atoms with Gasteiger partial charge < -0.3 is 10.6 Å². The molecule has 2 N–H and O–H groups in total. The summed E-state index contributed by atoms with van der Waals surface area (Å²) in [5, 5.41) is 9.50. The summed E-state index contributed by atoms with van der Waals surface area (Å²) in [5.41, 5.74) is 1.45. The molecule has 1 aliphatic heterocycles. The summed E-state index contributed by atoms with van der Waals surface area (Å²) in [4.78, 5) is 2.68. The number of piperazine rings is 1. The normalized spacial score (nSPS) is 19.3. The van der Waals surface area contributed by atoms with Gasteiger partial charge in [0.2, 0.25) is 0 Å². The van der Waals surface area contributed by atoms with Gasteiger partial charge in [0, 0.05) is 32.2 Å². The highest BCUT2D eigenvalue weighted by Gasteiger charge is 2.21. The molecule has 3 heteroatoms. The van der Waals surface area contributed by atoms with Crippen molar-refractivity contribution in [1.29, 1.82) is 0 Å². The fraction of sp³-hybridized carbons (Fsp3) is 0.500. The molecule has 124 valence electrons. The van der Waals surface area contributed by atoms with E-state index in [4.69, 9.17) is 0 Å². The van der Waals surface area contributed by atoms with Gasteiger partial charge in [-0.3, -0.25) is 4.90 Å². The standard InChI is InChI=1S/C20H29N3/c1-21-11-4-7-20-16-22-12-14-23(20)13-10-17-8-9-18-5-2-3-6-19(18)15-17/h2-3,5-6,8-9,15,20-22H,4,7,10-14,16H2,1H3/t20-/m1/s1. The van der Waals surface area contributed by atoms with Crippen molar-refractivity contribution < 1.29 is 0 Å². The highest BCUT2D eigenvalue weighted by molar-refractivity contribution is 5.82. The Morgan fingerprint density at radius 2 is 2.04 bits per heavy atom. The first kappa shape index (κ1) is 16.4. The summed E-state index contributed by atoms with van der Waals surface area (Å²) >= 11 is 0. The average Bonchev–Trinajstić information content (AvgIpc) is 2.61. The monoisotopic (exact) mass is 311 g/mol. The first-order chi connectivity index (χ1) is 11.4. The first-order valence-electron chi connectivity index (χ1n) is 8.94. The lowest BCUT2D eigenvalue weighted by molar-refractivity contribution is 0.153. The van der Waals surface area contributed by atoms with Crippen LogP contribution in [0.4, 0.5) is 0 Å². The van der Waals surface area contributed by atoms with E-state index in [-0.39, 0.29) is 0 Å². The van der Waals surface area contributed by atoms with Crippen molar-refractivity contribution in [2.45, 2.75) is 25.3 Å². The van der Waals surface area contributed by atoms with E-state index in [1.807, 2.05) is 7.05 Å². The Hall–Kier alpha value is -1.42. The Morgan fingerprint density at radius 1 is 1.17 bits per heavy atom. The molecule has 0 radical (unpaired) electrons. The van der Waals surface area contributed by atoms with Crippen LogP contribution in [0, 0.1) is 0 Å². The molecule has 1 fully saturated rings. The minimum Gasteiger partial charge on any atom is -0.320 e. The van der Waals surface area contributed by atoms with Crippen LogP contribution in [0.1, 0.15) is 18.4 Å². The maximum absolute atomic E-state index is 3.55. The molecule has 1 aliphatic rings. The van der Waals surface area contributed by atoms with Gasteiger partial charge in [0.1, 0.15) is 0 Å². The van der Waals surface area contributed by atoms with Gasteiger partial charge in [-0.25, -0.2) is 0 Å². The zero-order valence-electron chi connectivity index (χ0n) is 14.2. The Bertz CT molecular complexity index is 611. The number of fused-ring (bicyclic) bond motifs is 1. The van der Waals surface area contributed by atoms with Gasteiger partial charge in [0.15, 0.2) is 0 Å². The maximum atomic E-state index is 3.55. The lowest BCUT2D eigenvalue weighted by Gasteiger charge is -2.36. The molecule has 2 aromatic carbocycles. The summed E-state index contributed by atoms with van der Waals surface area (Å²) < 4.78 is 0. The van der Waals surface area contributed by atoms with E-state index in [2.05, 4.69) is 58.0 Å². The zero-order valence-corrected chi connectivity index (χ0v) is 14.2. The van der Waals surface area contributed by atoms with E-state index in [0.717, 1.165) is 26.1 Å². The maximum Gasteiger partial charge on any atom is 0.0221 e. The summed E-state index contributed by atoms with van der Waals surface area (Å²) in [5.74, 6) is 0. The van der Waals surface area contributed by atoms with Crippen LogP contribution in [0.3, 0.4) is 0 Å². The molecule has 0 unspecified atom stereocenters. The molecule has 3 rings (SSSR count). The van der Waals surface area contributed by atoms with Crippen LogP contribution in [0.25, 0.3) is 10.8 Å². The third-order valence-electron chi connectivity index (χ3n) is 4.94. The van der Waals surface area contributed by atoms with E-state index in [0.29, 0.717) is 6.04 Å². The number of nitrogens with zero attached hydrogens (tertiary/aromatic N) is 1. The largest absolute Gasteiger partial charge is 0.320 e. The van der Waals surface area contributed by atoms with E-state index in [1.54, 1.807) is 0 Å². The molecule has 0 aliphatic carbocycles. The Morgan fingerprint density at radius 3 is 2.91 bits per heavy atom. The van der Waals surface area contributed by atoms with Crippen molar-refractivity contribution in [2.75, 3.05) is 39.8 Å². The molecule has 0 saturated carbocycles. The molecule has 2 aromatic rings. The number of rotatable bonds is 7. The van der Waals surface area contributed by atoms with Crippen molar-refractivity contribution in [2.24, 2.45) is 0 Å². The van der Waals surface area contributed by atoms with Crippen LogP contribution < -0.4 is 10.6 Å². The third-order valence-corrected chi connectivity index (χ3v) is 4.94. The van der Waals surface area contributed by atoms with Gasteiger partial charge >= 0.3 is 0 Å². The fourth-order valence-electron chi connectivity index (χ4n) is 3.56. The van der Waals surface area contributed by atoms with Crippen LogP contribution in [0.2, 0.25) is 0 Å². The van der Waals surface area contributed by atoms with E-state index < -0.39 is 0 Å². The van der Waals surface area contributed by atoms with E-state index in [1.165, 1.54) is 42.3 Å². The van der Waals surface area contributed by atoms with Crippen LogP contribution in [0.5, 0.6) is 0 Å². The number of nitrogens with one attached hydrogen (secondary N) is 2. The highest BCUT2D eigenvalue weighted by Crippen LogP contribution is 2.17. The molecule has 3 nitrogen and oxygen atoms in total. The third kappa shape index (κ3) is 4.54. The van der Waals surface area contributed by atoms with Gasteiger partial charge in [-0.05, 0) is 49.2 Å². The molecule has 0 bridgehead atoms. The van der Waals surface area contributed by atoms with Gasteiger partial charge in [-0.15, -0.1) is 0 Å². The molecule has 0 spiro atoms. The second-order valence-electron chi connectivity index (χ2n) is 6.57. The Kier molecular flexibility index (Phi) is 6.03. The predicted octanol–water partition coefficient (Wildman–Crippen LogP) is 2.66. The summed E-state index contributed by atoms with van der Waals surface area (Å²) in [6.45, 7) is 5.73. The smallest absolute Gasteiger partial charge is 0.0221 e. The minimum absolute atomic E-state index is 0.692. The second kappa shape index (κ2) is 8.44. The second-order valence-corrected chi connectivity index (χ2v) is 6.57. The molecule has 23 heavy (non-hydrogen) atoms. The molecule has 1 saturated heterocycles. The summed E-state index contributed by atoms with van der Waals surface area (Å²) in [6, 6.07) is 16.2. The minimum atomic E-state index is 0.692. The van der Waals surface area contributed by atoms with Gasteiger partial charge in [0.05, 0.1) is 0 Å². The fourth-order valence-corrected chi connectivity index (χ4v) is 3.56. The number of hydrogen-bond donors (Lipinski definition) is 2. The van der Waals surface area contributed by atoms with Crippen molar-refractivity contribution in [3.63, 3.8) is 0 Å².